The van der Waals surface area contributed by atoms with Crippen LogP contribution in [0.25, 0.3) is 0 Å². The Balaban J connectivity index is 1.19. The van der Waals surface area contributed by atoms with Gasteiger partial charge in [-0.3, -0.25) is 19.2 Å². The highest BCUT2D eigenvalue weighted by molar-refractivity contribution is 5.99. The Kier molecular flexibility index (Phi) is 9.42. The molecule has 0 spiro atoms. The summed E-state index contributed by atoms with van der Waals surface area (Å²) in [5.41, 5.74) is 4.38. The summed E-state index contributed by atoms with van der Waals surface area (Å²) in [7, 11) is 1.50. The minimum Gasteiger partial charge on any atom is -0.495 e. The van der Waals surface area contributed by atoms with Crippen LogP contribution in [0, 0.1) is 6.92 Å². The number of para-hydroxylation sites is 1. The number of hydrogen-bond acceptors (Lipinski definition) is 8. The van der Waals surface area contributed by atoms with E-state index in [1.54, 1.807) is 49.4 Å². The number of carboxylic acids is 1. The molecule has 1 aliphatic heterocycles. The molecule has 1 aliphatic rings. The van der Waals surface area contributed by atoms with Crippen LogP contribution in [0.1, 0.15) is 57.7 Å². The molecule has 45 heavy (non-hydrogen) atoms. The molecule has 2 heterocycles. The van der Waals surface area contributed by atoms with Gasteiger partial charge in [0, 0.05) is 30.4 Å². The van der Waals surface area contributed by atoms with E-state index in [0.717, 1.165) is 11.3 Å². The van der Waals surface area contributed by atoms with Crippen molar-refractivity contribution >= 4 is 40.8 Å². The Morgan fingerprint density at radius 1 is 1.04 bits per heavy atom. The first-order chi connectivity index (χ1) is 21.7. The molecule has 232 valence electrons. The smallest absolute Gasteiger partial charge is 0.303 e. The van der Waals surface area contributed by atoms with Crippen molar-refractivity contribution in [2.24, 2.45) is 0 Å². The Bertz CT molecular complexity index is 1720. The van der Waals surface area contributed by atoms with Crippen molar-refractivity contribution in [3.8, 4) is 5.75 Å². The number of nitrogens with one attached hydrogen (secondary N) is 4. The highest BCUT2D eigenvalue weighted by Crippen LogP contribution is 2.33. The molecule has 12 heteroatoms. The minimum atomic E-state index is -0.987. The highest BCUT2D eigenvalue weighted by atomic mass is 16.5. The van der Waals surface area contributed by atoms with Gasteiger partial charge in [-0.15, -0.1) is 0 Å². The van der Waals surface area contributed by atoms with Crippen LogP contribution in [0.4, 0.5) is 17.1 Å². The van der Waals surface area contributed by atoms with Gasteiger partial charge in [-0.2, -0.15) is 0 Å². The van der Waals surface area contributed by atoms with E-state index in [1.165, 1.54) is 13.2 Å². The molecule has 4 aromatic rings. The lowest BCUT2D eigenvalue weighted by Crippen LogP contribution is -2.29. The molecule has 0 aliphatic carbocycles. The summed E-state index contributed by atoms with van der Waals surface area (Å²) in [4.78, 5) is 49.7. The number of aromatic nitrogens is 1. The topological polar surface area (TPSA) is 172 Å². The fraction of sp³-hybridized carbons (Fsp3) is 0.242. The standard InChI is InChI=1S/C33H33N5O7/c1-19-15-28(38-45-19)33(43)36-25(13-14-31(40)41)21-8-10-22(11-9-21)35-30(39)17-20-7-12-27(29(16-20)44-2)37-32(42)24-18-34-26-6-4-3-5-23(24)26/h3-12,15-16,24-25,34H,13-14,17-18H2,1-2H3,(H,35,39)(H,36,43)(H,37,42)(H,40,41). The zero-order valence-electron chi connectivity index (χ0n) is 24.8. The second-order valence-electron chi connectivity index (χ2n) is 10.7. The Hall–Kier alpha value is -5.65. The fourth-order valence-corrected chi connectivity index (χ4v) is 5.17. The van der Waals surface area contributed by atoms with Crippen LogP contribution >= 0.6 is 0 Å². The Labute approximate surface area is 259 Å². The van der Waals surface area contributed by atoms with Gasteiger partial charge in [-0.25, -0.2) is 0 Å². The van der Waals surface area contributed by atoms with Gasteiger partial charge in [0.05, 0.1) is 31.2 Å². The first-order valence-electron chi connectivity index (χ1n) is 14.4. The van der Waals surface area contributed by atoms with E-state index < -0.39 is 17.9 Å². The van der Waals surface area contributed by atoms with Crippen LogP contribution in [0.2, 0.25) is 0 Å². The van der Waals surface area contributed by atoms with Crippen LogP contribution in [0.3, 0.4) is 0 Å². The van der Waals surface area contributed by atoms with Crippen molar-refractivity contribution in [3.63, 3.8) is 0 Å². The molecule has 0 saturated carbocycles. The van der Waals surface area contributed by atoms with Crippen molar-refractivity contribution in [1.82, 2.24) is 10.5 Å². The van der Waals surface area contributed by atoms with Gasteiger partial charge in [0.25, 0.3) is 5.91 Å². The average Bonchev–Trinajstić information content (AvgIpc) is 3.67. The number of hydrogen-bond donors (Lipinski definition) is 5. The summed E-state index contributed by atoms with van der Waals surface area (Å²) in [5.74, 6) is -1.31. The van der Waals surface area contributed by atoms with E-state index in [9.17, 15) is 24.3 Å². The summed E-state index contributed by atoms with van der Waals surface area (Å²) in [5, 5.41) is 24.7. The number of anilines is 3. The third kappa shape index (κ3) is 7.66. The predicted molar refractivity (Wildman–Crippen MR) is 166 cm³/mol. The molecule has 5 N–H and O–H groups in total. The van der Waals surface area contributed by atoms with Crippen molar-refractivity contribution in [3.05, 3.63) is 101 Å². The van der Waals surface area contributed by atoms with Crippen LogP contribution < -0.4 is 26.0 Å². The highest BCUT2D eigenvalue weighted by Gasteiger charge is 2.28. The lowest BCUT2D eigenvalue weighted by Gasteiger charge is -2.18. The quantitative estimate of drug-likeness (QED) is 0.153. The number of aryl methyl sites for hydroxylation is 1. The first kappa shape index (κ1) is 30.8. The van der Waals surface area contributed by atoms with Gasteiger partial charge in [-0.1, -0.05) is 41.6 Å². The summed E-state index contributed by atoms with van der Waals surface area (Å²) in [6.45, 7) is 2.17. The SMILES string of the molecule is COc1cc(CC(=O)Nc2ccc(C(CCC(=O)O)NC(=O)c3cc(C)on3)cc2)ccc1NC(=O)C1CNc2ccccc21. The van der Waals surface area contributed by atoms with Crippen molar-refractivity contribution < 1.29 is 33.5 Å². The molecule has 3 aromatic carbocycles. The zero-order valence-corrected chi connectivity index (χ0v) is 24.8. The number of aliphatic carboxylic acids is 1. The second kappa shape index (κ2) is 13.8. The van der Waals surface area contributed by atoms with Gasteiger partial charge in [0.2, 0.25) is 11.8 Å². The molecule has 0 radical (unpaired) electrons. The van der Waals surface area contributed by atoms with Gasteiger partial charge in [-0.05, 0) is 60.4 Å². The maximum atomic E-state index is 13.0. The molecular formula is C33H33N5O7. The maximum Gasteiger partial charge on any atom is 0.303 e. The summed E-state index contributed by atoms with van der Waals surface area (Å²) < 4.78 is 10.5. The number of methoxy groups -OCH3 is 1. The first-order valence-corrected chi connectivity index (χ1v) is 14.4. The monoisotopic (exact) mass is 611 g/mol. The van der Waals surface area contributed by atoms with Gasteiger partial charge >= 0.3 is 5.97 Å². The average molecular weight is 612 g/mol. The van der Waals surface area contributed by atoms with Crippen LogP contribution in [-0.4, -0.2) is 47.6 Å². The van der Waals surface area contributed by atoms with Crippen LogP contribution in [0.5, 0.6) is 5.75 Å². The number of ether oxygens (including phenoxy) is 1. The molecule has 5 rings (SSSR count). The maximum absolute atomic E-state index is 13.0. The Morgan fingerprint density at radius 3 is 2.53 bits per heavy atom. The molecule has 1 aromatic heterocycles. The van der Waals surface area contributed by atoms with Gasteiger partial charge < -0.3 is 35.6 Å². The predicted octanol–water partition coefficient (Wildman–Crippen LogP) is 4.66. The second-order valence-corrected chi connectivity index (χ2v) is 10.7. The van der Waals surface area contributed by atoms with E-state index in [2.05, 4.69) is 26.4 Å². The number of fused-ring (bicyclic) bond motifs is 1. The van der Waals surface area contributed by atoms with E-state index in [1.807, 2.05) is 24.3 Å². The summed E-state index contributed by atoms with van der Waals surface area (Å²) in [6.07, 6.45) is 0.0619. The molecular weight excluding hydrogens is 578 g/mol. The lowest BCUT2D eigenvalue weighted by atomic mass is 10.0. The Morgan fingerprint density at radius 2 is 1.82 bits per heavy atom. The minimum absolute atomic E-state index is 0.0562. The molecule has 2 unspecified atom stereocenters. The van der Waals surface area contributed by atoms with Gasteiger partial charge in [0.1, 0.15) is 11.5 Å². The number of amides is 3. The van der Waals surface area contributed by atoms with Crippen LogP contribution in [-0.2, 0) is 20.8 Å². The number of carbonyl (C=O) groups is 4. The third-order valence-electron chi connectivity index (χ3n) is 7.45. The summed E-state index contributed by atoms with van der Waals surface area (Å²) in [6, 6.07) is 20.6. The normalized spacial score (nSPS) is 14.0. The molecule has 12 nitrogen and oxygen atoms in total. The number of rotatable bonds is 12. The van der Waals surface area contributed by atoms with Crippen LogP contribution in [0.15, 0.2) is 77.3 Å². The number of nitrogens with zero attached hydrogens (tertiary/aromatic N) is 1. The molecule has 0 saturated heterocycles. The van der Waals surface area contributed by atoms with Gasteiger partial charge in [0.15, 0.2) is 5.69 Å². The number of carbonyl (C=O) groups excluding carboxylic acids is 3. The molecule has 0 bridgehead atoms. The fourth-order valence-electron chi connectivity index (χ4n) is 5.17. The third-order valence-corrected chi connectivity index (χ3v) is 7.45. The largest absolute Gasteiger partial charge is 0.495 e. The number of benzene rings is 3. The number of carboxylic acid groups (broad SMARTS) is 1. The summed E-state index contributed by atoms with van der Waals surface area (Å²) >= 11 is 0. The van der Waals surface area contributed by atoms with E-state index in [-0.39, 0.29) is 42.7 Å². The van der Waals surface area contributed by atoms with Crippen molar-refractivity contribution in [1.29, 1.82) is 0 Å². The molecule has 2 atom stereocenters. The lowest BCUT2D eigenvalue weighted by molar-refractivity contribution is -0.137. The van der Waals surface area contributed by atoms with Crippen molar-refractivity contribution in [2.45, 2.75) is 38.1 Å². The van der Waals surface area contributed by atoms with Crippen molar-refractivity contribution in [2.75, 3.05) is 29.6 Å². The molecule has 0 fully saturated rings. The van der Waals surface area contributed by atoms with E-state index in [0.29, 0.717) is 40.6 Å². The van der Waals surface area contributed by atoms with E-state index >= 15 is 0 Å². The van der Waals surface area contributed by atoms with E-state index in [4.69, 9.17) is 9.26 Å². The molecule has 3 amide bonds. The zero-order chi connectivity index (χ0) is 31.9.